The number of halogens is 3. The van der Waals surface area contributed by atoms with Crippen molar-refractivity contribution < 1.29 is 32.2 Å². The Kier molecular flexibility index (Phi) is 7.25. The van der Waals surface area contributed by atoms with E-state index in [0.29, 0.717) is 50.7 Å². The zero-order valence-corrected chi connectivity index (χ0v) is 18.5. The van der Waals surface area contributed by atoms with Gasteiger partial charge in [0.25, 0.3) is 0 Å². The summed E-state index contributed by atoms with van der Waals surface area (Å²) in [5.74, 6) is 1.11. The van der Waals surface area contributed by atoms with Crippen molar-refractivity contribution in [3.05, 3.63) is 36.0 Å². The fourth-order valence-corrected chi connectivity index (χ4v) is 3.74. The van der Waals surface area contributed by atoms with Gasteiger partial charge in [0.15, 0.2) is 0 Å². The van der Waals surface area contributed by atoms with Crippen LogP contribution in [0.4, 0.5) is 29.6 Å². The van der Waals surface area contributed by atoms with Gasteiger partial charge in [0, 0.05) is 25.4 Å². The number of hydrogen-bond acceptors (Lipinski definition) is 7. The van der Waals surface area contributed by atoms with Crippen molar-refractivity contribution in [3.8, 4) is 11.6 Å². The third kappa shape index (κ3) is 6.19. The number of carbonyl (C=O) groups excluding carboxylic acids is 1. The first-order chi connectivity index (χ1) is 16.3. The number of nitrogens with zero attached hydrogens (tertiary/aromatic N) is 2. The Morgan fingerprint density at radius 1 is 1.09 bits per heavy atom. The number of anilines is 2. The fraction of sp³-hybridized carbons (Fsp3) is 0.500. The van der Waals surface area contributed by atoms with Gasteiger partial charge in [0.05, 0.1) is 24.5 Å². The maximum absolute atomic E-state index is 13.2. The second kappa shape index (κ2) is 10.3. The smallest absolute Gasteiger partial charge is 0.416 e. The standard InChI is InChI=1S/C22H26F3N5O4/c1-26-20-27-9-8-19(30-20)34-15-5-3-14(4-6-15)28-21(31)29-17-10-13(22(23,24)25)2-7-18(17)33-16-11-32-12-16/h2,7-10,14-16H,3-6,11-12H2,1H3,(H,26,27,30)(H2,28,29,31)/t14-,15-. The van der Waals surface area contributed by atoms with Gasteiger partial charge >= 0.3 is 12.2 Å². The van der Waals surface area contributed by atoms with Crippen LogP contribution in [0.15, 0.2) is 30.5 Å². The summed E-state index contributed by atoms with van der Waals surface area (Å²) in [4.78, 5) is 20.9. The SMILES string of the molecule is CNc1nccc(O[C@H]2CC[C@H](NC(=O)Nc3cc(C(F)(F)F)ccc3OC3COC3)CC2)n1. The van der Waals surface area contributed by atoms with Gasteiger partial charge in [-0.3, -0.25) is 0 Å². The van der Waals surface area contributed by atoms with E-state index < -0.39 is 17.8 Å². The lowest BCUT2D eigenvalue weighted by Gasteiger charge is -2.30. The summed E-state index contributed by atoms with van der Waals surface area (Å²) in [6, 6.07) is 3.98. The van der Waals surface area contributed by atoms with Gasteiger partial charge in [-0.15, -0.1) is 0 Å². The Balaban J connectivity index is 1.32. The molecule has 1 aliphatic carbocycles. The molecule has 0 bridgehead atoms. The van der Waals surface area contributed by atoms with Crippen LogP contribution < -0.4 is 25.4 Å². The number of urea groups is 1. The van der Waals surface area contributed by atoms with Crippen molar-refractivity contribution in [1.82, 2.24) is 15.3 Å². The van der Waals surface area contributed by atoms with E-state index in [1.54, 1.807) is 19.3 Å². The van der Waals surface area contributed by atoms with E-state index in [1.807, 2.05) is 0 Å². The molecule has 0 radical (unpaired) electrons. The predicted molar refractivity (Wildman–Crippen MR) is 117 cm³/mol. The van der Waals surface area contributed by atoms with Crippen LogP contribution in [0.2, 0.25) is 0 Å². The molecule has 0 unspecified atom stereocenters. The van der Waals surface area contributed by atoms with E-state index in [4.69, 9.17) is 14.2 Å². The van der Waals surface area contributed by atoms with Crippen LogP contribution >= 0.6 is 0 Å². The minimum absolute atomic E-state index is 0.0413. The first-order valence-electron chi connectivity index (χ1n) is 11.0. The molecule has 9 nitrogen and oxygen atoms in total. The molecule has 1 saturated carbocycles. The molecular formula is C22H26F3N5O4. The number of carbonyl (C=O) groups is 1. The molecular weight excluding hydrogens is 455 g/mol. The molecule has 12 heteroatoms. The van der Waals surface area contributed by atoms with Gasteiger partial charge in [-0.25, -0.2) is 9.78 Å². The highest BCUT2D eigenvalue weighted by molar-refractivity contribution is 5.91. The molecule has 2 fully saturated rings. The van der Waals surface area contributed by atoms with Crippen molar-refractivity contribution in [2.24, 2.45) is 0 Å². The molecule has 1 aromatic heterocycles. The van der Waals surface area contributed by atoms with Gasteiger partial charge in [0.1, 0.15) is 18.0 Å². The van der Waals surface area contributed by atoms with Crippen molar-refractivity contribution in [1.29, 1.82) is 0 Å². The van der Waals surface area contributed by atoms with Crippen LogP contribution in [0.25, 0.3) is 0 Å². The topological polar surface area (TPSA) is 107 Å². The normalized spacial score (nSPS) is 20.7. The molecule has 184 valence electrons. The van der Waals surface area contributed by atoms with Crippen LogP contribution in [0.3, 0.4) is 0 Å². The highest BCUT2D eigenvalue weighted by Gasteiger charge is 2.32. The van der Waals surface area contributed by atoms with Crippen molar-refractivity contribution in [2.45, 2.75) is 50.1 Å². The number of aromatic nitrogens is 2. The lowest BCUT2D eigenvalue weighted by atomic mass is 9.93. The maximum Gasteiger partial charge on any atom is 0.416 e. The Bertz CT molecular complexity index is 995. The van der Waals surface area contributed by atoms with Crippen LogP contribution in [-0.4, -0.2) is 54.5 Å². The third-order valence-electron chi connectivity index (χ3n) is 5.61. The van der Waals surface area contributed by atoms with Crippen LogP contribution in [0, 0.1) is 0 Å². The molecule has 1 saturated heterocycles. The van der Waals surface area contributed by atoms with Crippen molar-refractivity contribution in [2.75, 3.05) is 30.9 Å². The average molecular weight is 481 g/mol. The summed E-state index contributed by atoms with van der Waals surface area (Å²) in [6.07, 6.45) is -0.520. The number of rotatable bonds is 7. The molecule has 2 amide bonds. The van der Waals surface area contributed by atoms with Gasteiger partial charge in [-0.1, -0.05) is 0 Å². The number of alkyl halides is 3. The summed E-state index contributed by atoms with van der Waals surface area (Å²) in [7, 11) is 1.72. The van der Waals surface area contributed by atoms with E-state index in [2.05, 4.69) is 25.9 Å². The molecule has 2 aliphatic rings. The summed E-state index contributed by atoms with van der Waals surface area (Å²) in [5, 5.41) is 8.20. The van der Waals surface area contributed by atoms with Crippen molar-refractivity contribution >= 4 is 17.7 Å². The predicted octanol–water partition coefficient (Wildman–Crippen LogP) is 3.83. The number of amides is 2. The molecule has 0 spiro atoms. The number of hydrogen-bond donors (Lipinski definition) is 3. The van der Waals surface area contributed by atoms with E-state index in [0.717, 1.165) is 12.1 Å². The molecule has 3 N–H and O–H groups in total. The Labute approximate surface area is 194 Å². The Morgan fingerprint density at radius 3 is 2.50 bits per heavy atom. The molecule has 0 atom stereocenters. The second-order valence-electron chi connectivity index (χ2n) is 8.14. The summed E-state index contributed by atoms with van der Waals surface area (Å²) >= 11 is 0. The summed E-state index contributed by atoms with van der Waals surface area (Å²) < 4.78 is 56.1. The van der Waals surface area contributed by atoms with Gasteiger partial charge in [-0.2, -0.15) is 18.2 Å². The third-order valence-corrected chi connectivity index (χ3v) is 5.61. The van der Waals surface area contributed by atoms with E-state index >= 15 is 0 Å². The lowest BCUT2D eigenvalue weighted by Crippen LogP contribution is -2.42. The number of ether oxygens (including phenoxy) is 3. The zero-order valence-electron chi connectivity index (χ0n) is 18.5. The van der Waals surface area contributed by atoms with Crippen LogP contribution in [0.1, 0.15) is 31.2 Å². The van der Waals surface area contributed by atoms with Crippen molar-refractivity contribution in [3.63, 3.8) is 0 Å². The minimum atomic E-state index is -4.54. The molecule has 1 aliphatic heterocycles. The molecule has 2 heterocycles. The zero-order chi connectivity index (χ0) is 24.1. The van der Waals surface area contributed by atoms with Crippen LogP contribution in [0.5, 0.6) is 11.6 Å². The van der Waals surface area contributed by atoms with E-state index in [9.17, 15) is 18.0 Å². The number of benzene rings is 1. The summed E-state index contributed by atoms with van der Waals surface area (Å²) in [6.45, 7) is 0.701. The second-order valence-corrected chi connectivity index (χ2v) is 8.14. The number of nitrogens with one attached hydrogen (secondary N) is 3. The maximum atomic E-state index is 13.2. The van der Waals surface area contributed by atoms with Gasteiger partial charge in [0.2, 0.25) is 11.8 Å². The minimum Gasteiger partial charge on any atom is -0.483 e. The van der Waals surface area contributed by atoms with E-state index in [1.165, 1.54) is 6.07 Å². The molecule has 4 rings (SSSR count). The van der Waals surface area contributed by atoms with E-state index in [-0.39, 0.29) is 29.7 Å². The van der Waals surface area contributed by atoms with Gasteiger partial charge < -0.3 is 30.2 Å². The first kappa shape index (κ1) is 23.9. The first-order valence-corrected chi connectivity index (χ1v) is 11.0. The largest absolute Gasteiger partial charge is 0.483 e. The monoisotopic (exact) mass is 481 g/mol. The fourth-order valence-electron chi connectivity index (χ4n) is 3.74. The quantitative estimate of drug-likeness (QED) is 0.552. The molecule has 2 aromatic rings. The van der Waals surface area contributed by atoms with Crippen LogP contribution in [-0.2, 0) is 10.9 Å². The molecule has 34 heavy (non-hydrogen) atoms. The Hall–Kier alpha value is -3.28. The highest BCUT2D eigenvalue weighted by atomic mass is 19.4. The lowest BCUT2D eigenvalue weighted by molar-refractivity contribution is -0.137. The summed E-state index contributed by atoms with van der Waals surface area (Å²) in [5.41, 5.74) is -0.913. The van der Waals surface area contributed by atoms with Gasteiger partial charge in [-0.05, 0) is 43.9 Å². The Morgan fingerprint density at radius 2 is 1.85 bits per heavy atom. The average Bonchev–Trinajstić information content (AvgIpc) is 2.77. The highest BCUT2D eigenvalue weighted by Crippen LogP contribution is 2.36. The molecule has 1 aromatic carbocycles.